The van der Waals surface area contributed by atoms with E-state index in [-0.39, 0.29) is 35.3 Å². The molecule has 150 valence electrons. The minimum absolute atomic E-state index is 0. The number of hydrogen-bond donors (Lipinski definition) is 1. The monoisotopic (exact) mass is 506 g/mol. The Morgan fingerprint density at radius 2 is 1.93 bits per heavy atom. The molecule has 1 N–H and O–H groups in total. The molecule has 3 rings (SSSR count). The van der Waals surface area contributed by atoms with Crippen LogP contribution in [-0.4, -0.2) is 74.7 Å². The summed E-state index contributed by atoms with van der Waals surface area (Å²) in [5.74, 6) is 1.05. The van der Waals surface area contributed by atoms with E-state index in [4.69, 9.17) is 16.3 Å². The van der Waals surface area contributed by atoms with Gasteiger partial charge >= 0.3 is 0 Å². The summed E-state index contributed by atoms with van der Waals surface area (Å²) in [5.41, 5.74) is 1.16. The smallest absolute Gasteiger partial charge is 0.227 e. The lowest BCUT2D eigenvalue weighted by Gasteiger charge is -2.41. The average Bonchev–Trinajstić information content (AvgIpc) is 2.61. The van der Waals surface area contributed by atoms with Crippen LogP contribution in [-0.2, 0) is 16.0 Å². The molecule has 2 heterocycles. The van der Waals surface area contributed by atoms with Crippen LogP contribution in [0.25, 0.3) is 0 Å². The zero-order chi connectivity index (χ0) is 18.6. The number of hydrogen-bond acceptors (Lipinski definition) is 3. The van der Waals surface area contributed by atoms with Crippen molar-refractivity contribution in [3.63, 3.8) is 0 Å². The summed E-state index contributed by atoms with van der Waals surface area (Å²) in [6.45, 7) is 7.64. The van der Waals surface area contributed by atoms with Crippen LogP contribution < -0.4 is 5.32 Å². The Morgan fingerprint density at radius 1 is 1.26 bits per heavy atom. The van der Waals surface area contributed by atoms with Crippen LogP contribution in [0, 0.1) is 5.41 Å². The standard InChI is InChI=1S/C19H27ClN4O2.HI/c1-19(13-26-14-19)12-22-18(21-2)24-8-6-23(7-9-24)17(25)11-15-4-3-5-16(20)10-15;/h3-5,10H,6-9,11-14H2,1-2H3,(H,21,22);1H. The second-order valence-corrected chi connectivity index (χ2v) is 7.82. The van der Waals surface area contributed by atoms with Gasteiger partial charge in [-0.25, -0.2) is 0 Å². The summed E-state index contributed by atoms with van der Waals surface area (Å²) in [4.78, 5) is 21.1. The maximum atomic E-state index is 12.5. The van der Waals surface area contributed by atoms with Crippen molar-refractivity contribution in [3.05, 3.63) is 34.9 Å². The van der Waals surface area contributed by atoms with Gasteiger partial charge in [0.2, 0.25) is 5.91 Å². The van der Waals surface area contributed by atoms with Gasteiger partial charge in [0.25, 0.3) is 0 Å². The summed E-state index contributed by atoms with van der Waals surface area (Å²) in [6.07, 6.45) is 0.395. The molecule has 0 spiro atoms. The van der Waals surface area contributed by atoms with Crippen molar-refractivity contribution in [2.24, 2.45) is 10.4 Å². The van der Waals surface area contributed by atoms with Crippen LogP contribution >= 0.6 is 35.6 Å². The molecule has 27 heavy (non-hydrogen) atoms. The Labute approximate surface area is 183 Å². The van der Waals surface area contributed by atoms with Gasteiger partial charge in [0, 0.05) is 50.2 Å². The fraction of sp³-hybridized carbons (Fsp3) is 0.579. The second kappa shape index (κ2) is 9.93. The molecule has 6 nitrogen and oxygen atoms in total. The highest BCUT2D eigenvalue weighted by Gasteiger charge is 2.34. The van der Waals surface area contributed by atoms with Gasteiger partial charge in [-0.15, -0.1) is 24.0 Å². The summed E-state index contributed by atoms with van der Waals surface area (Å²) in [7, 11) is 1.80. The van der Waals surface area contributed by atoms with Crippen molar-refractivity contribution in [3.8, 4) is 0 Å². The largest absolute Gasteiger partial charge is 0.380 e. The minimum atomic E-state index is 0. The third-order valence-electron chi connectivity index (χ3n) is 4.96. The zero-order valence-corrected chi connectivity index (χ0v) is 19.0. The predicted octanol–water partition coefficient (Wildman–Crippen LogP) is 2.26. The van der Waals surface area contributed by atoms with Crippen molar-refractivity contribution in [1.29, 1.82) is 0 Å². The Bertz CT molecular complexity index is 673. The molecular weight excluding hydrogens is 479 g/mol. The van der Waals surface area contributed by atoms with Crippen molar-refractivity contribution < 1.29 is 9.53 Å². The minimum Gasteiger partial charge on any atom is -0.380 e. The maximum Gasteiger partial charge on any atom is 0.227 e. The summed E-state index contributed by atoms with van der Waals surface area (Å²) >= 11 is 6.00. The number of carbonyl (C=O) groups is 1. The number of benzene rings is 1. The lowest BCUT2D eigenvalue weighted by molar-refractivity contribution is -0.131. The van der Waals surface area contributed by atoms with Gasteiger partial charge in [-0.05, 0) is 17.7 Å². The molecule has 0 unspecified atom stereocenters. The number of rotatable bonds is 4. The van der Waals surface area contributed by atoms with Gasteiger partial charge in [0.15, 0.2) is 5.96 Å². The fourth-order valence-electron chi connectivity index (χ4n) is 3.28. The van der Waals surface area contributed by atoms with Crippen molar-refractivity contribution in [1.82, 2.24) is 15.1 Å². The predicted molar refractivity (Wildman–Crippen MR) is 119 cm³/mol. The van der Waals surface area contributed by atoms with E-state index in [9.17, 15) is 4.79 Å². The van der Waals surface area contributed by atoms with Crippen LogP contribution in [0.2, 0.25) is 5.02 Å². The first kappa shape index (κ1) is 22.2. The number of aliphatic imine (C=N–C) groups is 1. The first-order chi connectivity index (χ1) is 12.5. The quantitative estimate of drug-likeness (QED) is 0.387. The van der Waals surface area contributed by atoms with Gasteiger partial charge in [0.05, 0.1) is 19.6 Å². The molecule has 0 bridgehead atoms. The molecule has 2 saturated heterocycles. The number of nitrogens with zero attached hydrogens (tertiary/aromatic N) is 3. The average molecular weight is 507 g/mol. The molecule has 0 saturated carbocycles. The van der Waals surface area contributed by atoms with E-state index in [0.717, 1.165) is 44.4 Å². The SMILES string of the molecule is CN=C(NCC1(C)COC1)N1CCN(C(=O)Cc2cccc(Cl)c2)CC1.I. The summed E-state index contributed by atoms with van der Waals surface area (Å²) in [6, 6.07) is 7.50. The van der Waals surface area contributed by atoms with Crippen LogP contribution in [0.1, 0.15) is 12.5 Å². The Balaban J connectivity index is 0.00000261. The number of halogens is 2. The van der Waals surface area contributed by atoms with Gasteiger partial charge in [-0.2, -0.15) is 0 Å². The van der Waals surface area contributed by atoms with Crippen molar-refractivity contribution >= 4 is 47.4 Å². The van der Waals surface area contributed by atoms with Gasteiger partial charge in [0.1, 0.15) is 0 Å². The molecule has 8 heteroatoms. The Morgan fingerprint density at radius 3 is 2.48 bits per heavy atom. The van der Waals surface area contributed by atoms with Crippen LogP contribution in [0.3, 0.4) is 0 Å². The molecule has 0 atom stereocenters. The Hall–Kier alpha value is -1.06. The first-order valence-corrected chi connectivity index (χ1v) is 9.42. The molecule has 1 aromatic carbocycles. The number of nitrogens with one attached hydrogen (secondary N) is 1. The molecule has 1 aromatic rings. The molecular formula is C19H28ClIN4O2. The number of guanidine groups is 1. The van der Waals surface area contributed by atoms with E-state index >= 15 is 0 Å². The van der Waals surface area contributed by atoms with E-state index in [2.05, 4.69) is 22.1 Å². The lowest BCUT2D eigenvalue weighted by Crippen LogP contribution is -2.56. The highest BCUT2D eigenvalue weighted by molar-refractivity contribution is 14.0. The number of piperazine rings is 1. The van der Waals surface area contributed by atoms with Crippen LogP contribution in [0.15, 0.2) is 29.3 Å². The Kier molecular flexibility index (Phi) is 8.18. The highest BCUT2D eigenvalue weighted by Crippen LogP contribution is 2.25. The highest BCUT2D eigenvalue weighted by atomic mass is 127. The lowest BCUT2D eigenvalue weighted by atomic mass is 9.89. The molecule has 1 amide bonds. The number of ether oxygens (including phenoxy) is 1. The molecule has 2 aliphatic heterocycles. The zero-order valence-electron chi connectivity index (χ0n) is 15.9. The molecule has 2 fully saturated rings. The van der Waals surface area contributed by atoms with Crippen LogP contribution in [0.4, 0.5) is 0 Å². The maximum absolute atomic E-state index is 12.5. The molecule has 2 aliphatic rings. The van der Waals surface area contributed by atoms with Crippen molar-refractivity contribution in [2.45, 2.75) is 13.3 Å². The second-order valence-electron chi connectivity index (χ2n) is 7.38. The van der Waals surface area contributed by atoms with Gasteiger partial charge in [-0.1, -0.05) is 30.7 Å². The molecule has 0 aliphatic carbocycles. The molecule has 0 radical (unpaired) electrons. The van der Waals surface area contributed by atoms with E-state index < -0.39 is 0 Å². The fourth-order valence-corrected chi connectivity index (χ4v) is 3.49. The van der Waals surface area contributed by atoms with E-state index in [0.29, 0.717) is 24.5 Å². The van der Waals surface area contributed by atoms with Gasteiger partial charge < -0.3 is 19.9 Å². The van der Waals surface area contributed by atoms with E-state index in [1.807, 2.05) is 29.2 Å². The number of amides is 1. The van der Waals surface area contributed by atoms with Crippen LogP contribution in [0.5, 0.6) is 0 Å². The first-order valence-electron chi connectivity index (χ1n) is 9.05. The normalized spacial score (nSPS) is 19.1. The van der Waals surface area contributed by atoms with Crippen molar-refractivity contribution in [2.75, 3.05) is 53.0 Å². The van der Waals surface area contributed by atoms with E-state index in [1.165, 1.54) is 0 Å². The molecule has 0 aromatic heterocycles. The summed E-state index contributed by atoms with van der Waals surface area (Å²) in [5, 5.41) is 4.12. The third kappa shape index (κ3) is 5.96. The van der Waals surface area contributed by atoms with Gasteiger partial charge in [-0.3, -0.25) is 9.79 Å². The summed E-state index contributed by atoms with van der Waals surface area (Å²) < 4.78 is 5.30. The third-order valence-corrected chi connectivity index (χ3v) is 5.20. The topological polar surface area (TPSA) is 57.2 Å². The number of carbonyl (C=O) groups excluding carboxylic acids is 1. The van der Waals surface area contributed by atoms with E-state index in [1.54, 1.807) is 7.05 Å².